The number of carbonyl (C=O) groups is 1. The molecule has 1 heterocycles. The smallest absolute Gasteiger partial charge is 0.243 e. The number of carbonyl (C=O) groups excluding carboxylic acids is 1. The lowest BCUT2D eigenvalue weighted by Gasteiger charge is -2.15. The predicted octanol–water partition coefficient (Wildman–Crippen LogP) is 2.34. The van der Waals surface area contributed by atoms with E-state index in [9.17, 15) is 13.2 Å². The molecule has 1 fully saturated rings. The zero-order valence-electron chi connectivity index (χ0n) is 13.6. The molecule has 0 bridgehead atoms. The minimum Gasteiger partial charge on any atom is -0.355 e. The topological polar surface area (TPSA) is 66.5 Å². The lowest BCUT2D eigenvalue weighted by Crippen LogP contribution is -2.28. The summed E-state index contributed by atoms with van der Waals surface area (Å²) in [5.74, 6) is 0.766. The van der Waals surface area contributed by atoms with Gasteiger partial charge in [-0.05, 0) is 43.0 Å². The maximum atomic E-state index is 12.4. The second-order valence-corrected chi connectivity index (χ2v) is 9.06. The highest BCUT2D eigenvalue weighted by Gasteiger charge is 2.26. The zero-order chi connectivity index (χ0) is 16.9. The maximum absolute atomic E-state index is 12.4. The fourth-order valence-corrected chi connectivity index (χ4v) is 4.55. The summed E-state index contributed by atoms with van der Waals surface area (Å²) in [7, 11) is -3.36. The van der Waals surface area contributed by atoms with Crippen molar-refractivity contribution in [3.63, 3.8) is 0 Å². The molecule has 0 aromatic heterocycles. The normalized spacial score (nSPS) is 16.0. The monoisotopic (exact) mass is 356 g/mol. The van der Waals surface area contributed by atoms with Crippen LogP contribution in [0, 0.1) is 5.92 Å². The molecule has 1 N–H and O–H groups in total. The molecule has 7 heteroatoms. The second kappa shape index (κ2) is 8.17. The summed E-state index contributed by atoms with van der Waals surface area (Å²) in [5, 5.41) is 2.86. The Hall–Kier alpha value is -1.05. The Bertz CT molecular complexity index is 621. The summed E-state index contributed by atoms with van der Waals surface area (Å²) >= 11 is 1.41. The van der Waals surface area contributed by atoms with Gasteiger partial charge >= 0.3 is 0 Å². The molecule has 1 amide bonds. The van der Waals surface area contributed by atoms with E-state index in [1.165, 1.54) is 16.1 Å². The average Bonchev–Trinajstić information content (AvgIpc) is 3.06. The number of hydrogen-bond acceptors (Lipinski definition) is 4. The van der Waals surface area contributed by atoms with Gasteiger partial charge in [0, 0.05) is 24.5 Å². The third-order valence-electron chi connectivity index (χ3n) is 3.60. The van der Waals surface area contributed by atoms with Gasteiger partial charge in [-0.25, -0.2) is 8.42 Å². The van der Waals surface area contributed by atoms with Crippen LogP contribution in [0.15, 0.2) is 34.1 Å². The van der Waals surface area contributed by atoms with Crippen LogP contribution in [-0.4, -0.2) is 44.0 Å². The van der Waals surface area contributed by atoms with E-state index in [0.29, 0.717) is 36.2 Å². The minimum absolute atomic E-state index is 0.00235. The van der Waals surface area contributed by atoms with E-state index in [2.05, 4.69) is 5.32 Å². The molecular weight excluding hydrogens is 332 g/mol. The van der Waals surface area contributed by atoms with E-state index in [4.69, 9.17) is 0 Å². The summed E-state index contributed by atoms with van der Waals surface area (Å²) < 4.78 is 26.4. The first-order valence-corrected chi connectivity index (χ1v) is 10.3. The van der Waals surface area contributed by atoms with Gasteiger partial charge in [-0.1, -0.05) is 13.8 Å². The van der Waals surface area contributed by atoms with Crippen LogP contribution in [-0.2, 0) is 14.8 Å². The molecule has 23 heavy (non-hydrogen) atoms. The molecule has 0 unspecified atom stereocenters. The van der Waals surface area contributed by atoms with Crippen molar-refractivity contribution < 1.29 is 13.2 Å². The summed E-state index contributed by atoms with van der Waals surface area (Å²) in [6.45, 7) is 5.98. The SMILES string of the molecule is CC(C)CNC(=O)CSc1ccc(S(=O)(=O)N2CCCC2)cc1. The number of sulfonamides is 1. The van der Waals surface area contributed by atoms with Gasteiger partial charge in [-0.2, -0.15) is 4.31 Å². The van der Waals surface area contributed by atoms with Crippen LogP contribution in [0.4, 0.5) is 0 Å². The van der Waals surface area contributed by atoms with Crippen molar-refractivity contribution in [2.24, 2.45) is 5.92 Å². The van der Waals surface area contributed by atoms with Crippen molar-refractivity contribution in [1.82, 2.24) is 9.62 Å². The van der Waals surface area contributed by atoms with E-state index >= 15 is 0 Å². The number of benzene rings is 1. The largest absolute Gasteiger partial charge is 0.355 e. The van der Waals surface area contributed by atoms with E-state index in [1.54, 1.807) is 24.3 Å². The highest BCUT2D eigenvalue weighted by atomic mass is 32.2. The number of nitrogens with one attached hydrogen (secondary N) is 1. The van der Waals surface area contributed by atoms with Crippen molar-refractivity contribution in [2.75, 3.05) is 25.4 Å². The standard InChI is InChI=1S/C16H24N2O3S2/c1-13(2)11-17-16(19)12-22-14-5-7-15(8-6-14)23(20,21)18-9-3-4-10-18/h5-8,13H,3-4,9-12H2,1-2H3,(H,17,19). The predicted molar refractivity (Wildman–Crippen MR) is 93.0 cm³/mol. The fourth-order valence-electron chi connectivity index (χ4n) is 2.30. The van der Waals surface area contributed by atoms with Crippen molar-refractivity contribution in [3.8, 4) is 0 Å². The Morgan fingerprint density at radius 1 is 1.22 bits per heavy atom. The molecule has 0 radical (unpaired) electrons. The number of amides is 1. The quantitative estimate of drug-likeness (QED) is 0.762. The van der Waals surface area contributed by atoms with Crippen LogP contribution in [0.2, 0.25) is 0 Å². The van der Waals surface area contributed by atoms with Gasteiger partial charge in [-0.15, -0.1) is 11.8 Å². The number of nitrogens with zero attached hydrogens (tertiary/aromatic N) is 1. The second-order valence-electron chi connectivity index (χ2n) is 6.07. The first-order chi connectivity index (χ1) is 10.9. The summed E-state index contributed by atoms with van der Waals surface area (Å²) in [6.07, 6.45) is 1.86. The number of rotatable bonds is 7. The molecular formula is C16H24N2O3S2. The van der Waals surface area contributed by atoms with Crippen molar-refractivity contribution in [3.05, 3.63) is 24.3 Å². The molecule has 1 aromatic carbocycles. The van der Waals surface area contributed by atoms with Crippen LogP contribution in [0.1, 0.15) is 26.7 Å². The van der Waals surface area contributed by atoms with Crippen molar-refractivity contribution in [1.29, 1.82) is 0 Å². The highest BCUT2D eigenvalue weighted by Crippen LogP contribution is 2.24. The Morgan fingerprint density at radius 3 is 2.39 bits per heavy atom. The molecule has 1 aliphatic rings. The highest BCUT2D eigenvalue weighted by molar-refractivity contribution is 8.00. The van der Waals surface area contributed by atoms with Gasteiger partial charge in [0.1, 0.15) is 0 Å². The van der Waals surface area contributed by atoms with Gasteiger partial charge in [0.15, 0.2) is 0 Å². The minimum atomic E-state index is -3.36. The third kappa shape index (κ3) is 5.22. The Morgan fingerprint density at radius 2 is 1.83 bits per heavy atom. The van der Waals surface area contributed by atoms with Gasteiger partial charge < -0.3 is 5.32 Å². The molecule has 128 valence electrons. The Balaban J connectivity index is 1.90. The molecule has 0 aliphatic carbocycles. The Labute approximate surface area is 142 Å². The van der Waals surface area contributed by atoms with Crippen LogP contribution < -0.4 is 5.32 Å². The maximum Gasteiger partial charge on any atom is 0.243 e. The van der Waals surface area contributed by atoms with Crippen LogP contribution in [0.25, 0.3) is 0 Å². The van der Waals surface area contributed by atoms with E-state index < -0.39 is 10.0 Å². The molecule has 0 spiro atoms. The molecule has 2 rings (SSSR count). The average molecular weight is 357 g/mol. The Kier molecular flexibility index (Phi) is 6.50. The third-order valence-corrected chi connectivity index (χ3v) is 6.53. The molecule has 0 saturated carbocycles. The molecule has 1 aliphatic heterocycles. The summed E-state index contributed by atoms with van der Waals surface area (Å²) in [5.41, 5.74) is 0. The summed E-state index contributed by atoms with van der Waals surface area (Å²) in [4.78, 5) is 12.9. The number of hydrogen-bond donors (Lipinski definition) is 1. The van der Waals surface area contributed by atoms with E-state index in [-0.39, 0.29) is 5.91 Å². The van der Waals surface area contributed by atoms with Crippen molar-refractivity contribution >= 4 is 27.7 Å². The van der Waals surface area contributed by atoms with Crippen LogP contribution >= 0.6 is 11.8 Å². The summed E-state index contributed by atoms with van der Waals surface area (Å²) in [6, 6.07) is 6.79. The zero-order valence-corrected chi connectivity index (χ0v) is 15.3. The van der Waals surface area contributed by atoms with Gasteiger partial charge in [-0.3, -0.25) is 4.79 Å². The molecule has 0 atom stereocenters. The van der Waals surface area contributed by atoms with Crippen LogP contribution in [0.3, 0.4) is 0 Å². The van der Waals surface area contributed by atoms with Gasteiger partial charge in [0.2, 0.25) is 15.9 Å². The molecule has 1 saturated heterocycles. The fraction of sp³-hybridized carbons (Fsp3) is 0.562. The first-order valence-electron chi connectivity index (χ1n) is 7.89. The number of thioether (sulfide) groups is 1. The van der Waals surface area contributed by atoms with Gasteiger partial charge in [0.25, 0.3) is 0 Å². The lowest BCUT2D eigenvalue weighted by molar-refractivity contribution is -0.118. The van der Waals surface area contributed by atoms with Gasteiger partial charge in [0.05, 0.1) is 10.6 Å². The van der Waals surface area contributed by atoms with E-state index in [1.807, 2.05) is 13.8 Å². The van der Waals surface area contributed by atoms with E-state index in [0.717, 1.165) is 17.7 Å². The molecule has 1 aromatic rings. The van der Waals surface area contributed by atoms with Crippen molar-refractivity contribution in [2.45, 2.75) is 36.5 Å². The van der Waals surface area contributed by atoms with Crippen LogP contribution in [0.5, 0.6) is 0 Å². The lowest BCUT2D eigenvalue weighted by atomic mass is 10.2. The molecule has 5 nitrogen and oxygen atoms in total. The first kappa shape index (κ1) is 18.3.